The standard InChI is InChI=1S/C10H20IO3P/c1-5-9(10(11)12-6-2)15(13-7-3)14-8-4/h5-8H2,1-4H3/b10-9+. The van der Waals surface area contributed by atoms with E-state index in [0.717, 1.165) is 15.5 Å². The number of allylic oxidation sites excluding steroid dienone is 1. The van der Waals surface area contributed by atoms with Crippen LogP contribution in [0, 0.1) is 0 Å². The molecule has 0 radical (unpaired) electrons. The first-order valence-corrected chi connectivity index (χ1v) is 7.54. The number of hydrogen-bond acceptors (Lipinski definition) is 3. The average molecular weight is 346 g/mol. The van der Waals surface area contributed by atoms with Gasteiger partial charge in [0, 0.05) is 0 Å². The zero-order valence-corrected chi connectivity index (χ0v) is 12.9. The predicted molar refractivity (Wildman–Crippen MR) is 73.1 cm³/mol. The van der Waals surface area contributed by atoms with Gasteiger partial charge in [0.1, 0.15) is 0 Å². The van der Waals surface area contributed by atoms with Gasteiger partial charge in [0.2, 0.25) is 8.38 Å². The second-order valence-electron chi connectivity index (χ2n) is 2.60. The summed E-state index contributed by atoms with van der Waals surface area (Å²) in [6, 6.07) is 0. The molecule has 0 fully saturated rings. The Hall–Kier alpha value is 0.620. The highest BCUT2D eigenvalue weighted by molar-refractivity contribution is 14.1. The molecule has 0 amide bonds. The van der Waals surface area contributed by atoms with Gasteiger partial charge in [-0.05, 0) is 49.8 Å². The van der Waals surface area contributed by atoms with Gasteiger partial charge >= 0.3 is 0 Å². The highest BCUT2D eigenvalue weighted by atomic mass is 127. The topological polar surface area (TPSA) is 27.7 Å². The zero-order chi connectivity index (χ0) is 11.7. The fourth-order valence-corrected chi connectivity index (χ4v) is 3.58. The van der Waals surface area contributed by atoms with Crippen molar-refractivity contribution in [2.75, 3.05) is 19.8 Å². The van der Waals surface area contributed by atoms with E-state index in [-0.39, 0.29) is 0 Å². The molecule has 0 bridgehead atoms. The molecule has 0 aromatic carbocycles. The van der Waals surface area contributed by atoms with Crippen LogP contribution in [0.15, 0.2) is 9.08 Å². The molecule has 0 saturated heterocycles. The van der Waals surface area contributed by atoms with Crippen LogP contribution in [0.4, 0.5) is 0 Å². The number of halogens is 1. The lowest BCUT2D eigenvalue weighted by atomic mass is 10.5. The highest BCUT2D eigenvalue weighted by Gasteiger charge is 2.18. The maximum absolute atomic E-state index is 5.60. The van der Waals surface area contributed by atoms with Crippen LogP contribution in [0.5, 0.6) is 0 Å². The molecule has 0 aliphatic rings. The largest absolute Gasteiger partial charge is 0.487 e. The van der Waals surface area contributed by atoms with Crippen molar-refractivity contribution < 1.29 is 13.8 Å². The van der Waals surface area contributed by atoms with Crippen LogP contribution in [-0.4, -0.2) is 19.8 Å². The normalized spacial score (nSPS) is 12.9. The maximum Gasteiger partial charge on any atom is 0.205 e. The lowest BCUT2D eigenvalue weighted by Crippen LogP contribution is -1.97. The molecule has 0 aromatic rings. The van der Waals surface area contributed by atoms with E-state index in [2.05, 4.69) is 29.5 Å². The molecule has 0 atom stereocenters. The summed E-state index contributed by atoms with van der Waals surface area (Å²) < 4.78 is 17.6. The van der Waals surface area contributed by atoms with E-state index in [0.29, 0.717) is 19.8 Å². The molecule has 5 heteroatoms. The van der Waals surface area contributed by atoms with Crippen LogP contribution in [0.2, 0.25) is 0 Å². The summed E-state index contributed by atoms with van der Waals surface area (Å²) in [6.07, 6.45) is 0.907. The van der Waals surface area contributed by atoms with E-state index >= 15 is 0 Å². The summed E-state index contributed by atoms with van der Waals surface area (Å²) in [4.78, 5) is 0. The Kier molecular flexibility index (Phi) is 10.2. The number of rotatable bonds is 8. The Morgan fingerprint density at radius 1 is 1.00 bits per heavy atom. The van der Waals surface area contributed by atoms with E-state index in [1.165, 1.54) is 0 Å². The first-order valence-electron chi connectivity index (χ1n) is 5.28. The third kappa shape index (κ3) is 6.05. The molecule has 0 aliphatic carbocycles. The van der Waals surface area contributed by atoms with Gasteiger partial charge in [0.15, 0.2) is 3.77 Å². The molecule has 0 heterocycles. The fraction of sp³-hybridized carbons (Fsp3) is 0.800. The molecule has 0 saturated carbocycles. The summed E-state index contributed by atoms with van der Waals surface area (Å²) in [5, 5.41) is 1.15. The lowest BCUT2D eigenvalue weighted by Gasteiger charge is -2.19. The Morgan fingerprint density at radius 2 is 1.53 bits per heavy atom. The molecule has 0 aliphatic heterocycles. The zero-order valence-electron chi connectivity index (χ0n) is 9.88. The third-order valence-electron chi connectivity index (χ3n) is 1.55. The predicted octanol–water partition coefficient (Wildman–Crippen LogP) is 4.42. The van der Waals surface area contributed by atoms with Crippen LogP contribution in [0.1, 0.15) is 34.1 Å². The molecule has 0 unspecified atom stereocenters. The molecule has 3 nitrogen and oxygen atoms in total. The van der Waals surface area contributed by atoms with E-state index in [1.807, 2.05) is 20.8 Å². The Bertz CT molecular complexity index is 191. The molecular formula is C10H20IO3P. The minimum Gasteiger partial charge on any atom is -0.487 e. The van der Waals surface area contributed by atoms with Crippen LogP contribution < -0.4 is 0 Å². The van der Waals surface area contributed by atoms with E-state index < -0.39 is 8.38 Å². The second-order valence-corrected chi connectivity index (χ2v) is 5.15. The van der Waals surface area contributed by atoms with Crippen molar-refractivity contribution in [3.63, 3.8) is 0 Å². The summed E-state index contributed by atoms with van der Waals surface area (Å²) in [5.41, 5.74) is 0. The molecule has 15 heavy (non-hydrogen) atoms. The Morgan fingerprint density at radius 3 is 1.87 bits per heavy atom. The third-order valence-corrected chi connectivity index (χ3v) is 4.88. The van der Waals surface area contributed by atoms with Gasteiger partial charge in [0.05, 0.1) is 25.1 Å². The molecule has 0 aromatic heterocycles. The average Bonchev–Trinajstić information content (AvgIpc) is 2.20. The Balaban J connectivity index is 4.62. The van der Waals surface area contributed by atoms with Crippen molar-refractivity contribution in [1.82, 2.24) is 0 Å². The number of hydrogen-bond donors (Lipinski definition) is 0. The summed E-state index contributed by atoms with van der Waals surface area (Å²) >= 11 is 2.21. The van der Waals surface area contributed by atoms with Gasteiger partial charge in [-0.1, -0.05) is 6.92 Å². The molecule has 0 spiro atoms. The van der Waals surface area contributed by atoms with E-state index in [4.69, 9.17) is 13.8 Å². The van der Waals surface area contributed by atoms with Crippen LogP contribution in [0.3, 0.4) is 0 Å². The number of ether oxygens (including phenoxy) is 1. The van der Waals surface area contributed by atoms with Crippen molar-refractivity contribution >= 4 is 31.0 Å². The highest BCUT2D eigenvalue weighted by Crippen LogP contribution is 2.51. The summed E-state index contributed by atoms with van der Waals surface area (Å²) in [5.74, 6) is 0. The molecule has 0 rings (SSSR count). The molecular weight excluding hydrogens is 326 g/mol. The monoisotopic (exact) mass is 346 g/mol. The van der Waals surface area contributed by atoms with Crippen molar-refractivity contribution in [3.8, 4) is 0 Å². The minimum absolute atomic E-state index is 0.672. The van der Waals surface area contributed by atoms with Gasteiger partial charge in [-0.25, -0.2) is 0 Å². The summed E-state index contributed by atoms with van der Waals surface area (Å²) in [6.45, 7) is 10.1. The van der Waals surface area contributed by atoms with Crippen molar-refractivity contribution in [2.45, 2.75) is 34.1 Å². The maximum atomic E-state index is 5.60. The fourth-order valence-electron chi connectivity index (χ4n) is 0.977. The first kappa shape index (κ1) is 15.6. The van der Waals surface area contributed by atoms with Crippen molar-refractivity contribution in [2.24, 2.45) is 0 Å². The summed E-state index contributed by atoms with van der Waals surface area (Å²) in [7, 11) is -0.928. The lowest BCUT2D eigenvalue weighted by molar-refractivity contribution is 0.252. The van der Waals surface area contributed by atoms with Crippen molar-refractivity contribution in [1.29, 1.82) is 0 Å². The van der Waals surface area contributed by atoms with Gasteiger partial charge in [0.25, 0.3) is 0 Å². The first-order chi connectivity index (χ1) is 7.21. The van der Waals surface area contributed by atoms with E-state index in [1.54, 1.807) is 0 Å². The van der Waals surface area contributed by atoms with Gasteiger partial charge in [-0.15, -0.1) is 0 Å². The van der Waals surface area contributed by atoms with Gasteiger partial charge in [-0.2, -0.15) is 0 Å². The van der Waals surface area contributed by atoms with Crippen LogP contribution in [0.25, 0.3) is 0 Å². The van der Waals surface area contributed by atoms with Crippen LogP contribution in [-0.2, 0) is 13.8 Å². The minimum atomic E-state index is -0.928. The van der Waals surface area contributed by atoms with E-state index in [9.17, 15) is 0 Å². The SMILES string of the molecule is CCO/C(I)=C(\CC)P(OCC)OCC. The molecule has 90 valence electrons. The molecule has 0 N–H and O–H groups in total. The van der Waals surface area contributed by atoms with Gasteiger partial charge in [-0.3, -0.25) is 0 Å². The quantitative estimate of drug-likeness (QED) is 0.370. The van der Waals surface area contributed by atoms with Gasteiger partial charge < -0.3 is 13.8 Å². The second kappa shape index (κ2) is 9.82. The van der Waals surface area contributed by atoms with Crippen LogP contribution >= 0.6 is 31.0 Å². The smallest absolute Gasteiger partial charge is 0.205 e. The van der Waals surface area contributed by atoms with Crippen molar-refractivity contribution in [3.05, 3.63) is 9.08 Å². The Labute approximate surface area is 108 Å².